The van der Waals surface area contributed by atoms with Crippen molar-refractivity contribution in [1.82, 2.24) is 19.5 Å². The number of carbonyl (C=O) groups excluding carboxylic acids is 1. The second-order valence-electron chi connectivity index (χ2n) is 6.91. The fourth-order valence-corrected chi connectivity index (χ4v) is 5.31. The van der Waals surface area contributed by atoms with Crippen LogP contribution < -0.4 is 0 Å². The Morgan fingerprint density at radius 1 is 1.16 bits per heavy atom. The first-order chi connectivity index (χ1) is 12.3. The summed E-state index contributed by atoms with van der Waals surface area (Å²) >= 11 is 1.70. The van der Waals surface area contributed by atoms with Crippen molar-refractivity contribution in [3.8, 4) is 0 Å². The lowest BCUT2D eigenvalue weighted by Gasteiger charge is -2.22. The highest BCUT2D eigenvalue weighted by atomic mass is 32.1. The van der Waals surface area contributed by atoms with E-state index in [4.69, 9.17) is 0 Å². The Bertz CT molecular complexity index is 920. The van der Waals surface area contributed by atoms with Crippen LogP contribution in [-0.2, 0) is 12.8 Å². The van der Waals surface area contributed by atoms with Crippen LogP contribution in [0.25, 0.3) is 5.65 Å². The zero-order valence-electron chi connectivity index (χ0n) is 14.0. The molecule has 0 radical (unpaired) electrons. The third-order valence-electron chi connectivity index (χ3n) is 5.36. The van der Waals surface area contributed by atoms with Crippen LogP contribution >= 0.6 is 11.3 Å². The maximum atomic E-state index is 13.2. The summed E-state index contributed by atoms with van der Waals surface area (Å²) in [6, 6.07) is 8.04. The van der Waals surface area contributed by atoms with Crippen molar-refractivity contribution in [3.05, 3.63) is 51.6 Å². The molecule has 1 aliphatic heterocycles. The van der Waals surface area contributed by atoms with E-state index >= 15 is 0 Å². The van der Waals surface area contributed by atoms with Gasteiger partial charge in [-0.25, -0.2) is 0 Å². The van der Waals surface area contributed by atoms with E-state index in [2.05, 4.69) is 16.3 Å². The zero-order valence-corrected chi connectivity index (χ0v) is 14.8. The average molecular weight is 352 g/mol. The first kappa shape index (κ1) is 15.1. The van der Waals surface area contributed by atoms with Crippen LogP contribution in [-0.4, -0.2) is 31.9 Å². The summed E-state index contributed by atoms with van der Waals surface area (Å²) in [6.07, 6.45) is 8.70. The van der Waals surface area contributed by atoms with Crippen molar-refractivity contribution in [1.29, 1.82) is 0 Å². The summed E-state index contributed by atoms with van der Waals surface area (Å²) in [4.78, 5) is 17.5. The number of pyridine rings is 1. The molecule has 128 valence electrons. The van der Waals surface area contributed by atoms with Gasteiger partial charge in [-0.3, -0.25) is 9.20 Å². The van der Waals surface area contributed by atoms with Crippen LogP contribution in [0.4, 0.5) is 0 Å². The Labute approximate surface area is 150 Å². The molecule has 3 aromatic heterocycles. The molecule has 5 nitrogen and oxygen atoms in total. The number of amides is 1. The van der Waals surface area contributed by atoms with Gasteiger partial charge in [0, 0.05) is 17.6 Å². The number of fused-ring (bicyclic) bond motifs is 2. The molecule has 1 amide bonds. The van der Waals surface area contributed by atoms with Crippen molar-refractivity contribution >= 4 is 22.9 Å². The highest BCUT2D eigenvalue weighted by Crippen LogP contribution is 2.35. The molecule has 0 N–H and O–H groups in total. The molecule has 0 unspecified atom stereocenters. The van der Waals surface area contributed by atoms with Gasteiger partial charge in [0.15, 0.2) is 11.5 Å². The van der Waals surface area contributed by atoms with E-state index in [1.807, 2.05) is 33.7 Å². The highest BCUT2D eigenvalue weighted by Gasteiger charge is 2.34. The van der Waals surface area contributed by atoms with Gasteiger partial charge in [0.25, 0.3) is 5.91 Å². The topological polar surface area (TPSA) is 50.5 Å². The third kappa shape index (κ3) is 2.47. The molecular formula is C19H20N4OS. The number of aryl methyl sites for hydroxylation is 2. The van der Waals surface area contributed by atoms with Crippen LogP contribution in [0.3, 0.4) is 0 Å². The molecule has 6 heteroatoms. The first-order valence-electron chi connectivity index (χ1n) is 9.03. The van der Waals surface area contributed by atoms with E-state index in [9.17, 15) is 4.79 Å². The number of hydrogen-bond acceptors (Lipinski definition) is 4. The summed E-state index contributed by atoms with van der Waals surface area (Å²) < 4.78 is 2.01. The summed E-state index contributed by atoms with van der Waals surface area (Å²) in [5, 5.41) is 8.65. The normalized spacial score (nSPS) is 20.2. The van der Waals surface area contributed by atoms with Gasteiger partial charge in [0.2, 0.25) is 0 Å². The maximum absolute atomic E-state index is 13.2. The summed E-state index contributed by atoms with van der Waals surface area (Å²) in [5.74, 6) is 1.04. The molecule has 0 bridgehead atoms. The number of nitrogens with zero attached hydrogens (tertiary/aromatic N) is 4. The standard InChI is InChI=1S/C19H20N4OS/c24-19(16-12-13-6-1-2-8-15(13)25-16)22-11-5-7-14(22)18-21-20-17-9-3-4-10-23(17)18/h3-4,9-10,12,14H,1-2,5-8,11H2/t14-/m1/s1. The fourth-order valence-electron chi connectivity index (χ4n) is 4.10. The van der Waals surface area contributed by atoms with Gasteiger partial charge in [-0.05, 0) is 62.3 Å². The van der Waals surface area contributed by atoms with Crippen molar-refractivity contribution < 1.29 is 4.79 Å². The summed E-state index contributed by atoms with van der Waals surface area (Å²) in [5.41, 5.74) is 2.23. The number of rotatable bonds is 2. The van der Waals surface area contributed by atoms with Crippen LogP contribution in [0.5, 0.6) is 0 Å². The zero-order chi connectivity index (χ0) is 16.8. The van der Waals surface area contributed by atoms with Gasteiger partial charge >= 0.3 is 0 Å². The van der Waals surface area contributed by atoms with Crippen molar-refractivity contribution in [2.24, 2.45) is 0 Å². The number of hydrogen-bond donors (Lipinski definition) is 0. The molecular weight excluding hydrogens is 332 g/mol. The monoisotopic (exact) mass is 352 g/mol. The van der Waals surface area contributed by atoms with Crippen LogP contribution in [0, 0.1) is 0 Å². The largest absolute Gasteiger partial charge is 0.328 e. The van der Waals surface area contributed by atoms with Crippen molar-refractivity contribution in [2.45, 2.75) is 44.6 Å². The first-order valence-corrected chi connectivity index (χ1v) is 9.85. The predicted octanol–water partition coefficient (Wildman–Crippen LogP) is 3.65. The molecule has 4 heterocycles. The van der Waals surface area contributed by atoms with Crippen molar-refractivity contribution in [2.75, 3.05) is 6.54 Å². The molecule has 0 spiro atoms. The summed E-state index contributed by atoms with van der Waals surface area (Å²) in [6.45, 7) is 0.799. The fraction of sp³-hybridized carbons (Fsp3) is 0.421. The summed E-state index contributed by atoms with van der Waals surface area (Å²) in [7, 11) is 0. The second kappa shape index (κ2) is 5.95. The second-order valence-corrected chi connectivity index (χ2v) is 8.05. The van der Waals surface area contributed by atoms with Crippen LogP contribution in [0.2, 0.25) is 0 Å². The molecule has 0 aromatic carbocycles. The van der Waals surface area contributed by atoms with Gasteiger partial charge in [-0.1, -0.05) is 6.07 Å². The van der Waals surface area contributed by atoms with E-state index in [0.29, 0.717) is 0 Å². The quantitative estimate of drug-likeness (QED) is 0.707. The number of thiophene rings is 1. The van der Waals surface area contributed by atoms with Crippen LogP contribution in [0.1, 0.15) is 57.7 Å². The molecule has 1 fully saturated rings. The van der Waals surface area contributed by atoms with E-state index in [-0.39, 0.29) is 11.9 Å². The molecule has 1 aliphatic carbocycles. The number of likely N-dealkylation sites (tertiary alicyclic amines) is 1. The minimum atomic E-state index is 0.0176. The Hall–Kier alpha value is -2.21. The molecule has 1 saturated heterocycles. The Kier molecular flexibility index (Phi) is 3.59. The predicted molar refractivity (Wildman–Crippen MR) is 97.0 cm³/mol. The smallest absolute Gasteiger partial charge is 0.264 e. The highest BCUT2D eigenvalue weighted by molar-refractivity contribution is 7.14. The molecule has 2 aliphatic rings. The molecule has 25 heavy (non-hydrogen) atoms. The minimum absolute atomic E-state index is 0.0176. The molecule has 3 aromatic rings. The Morgan fingerprint density at radius 2 is 2.08 bits per heavy atom. The Morgan fingerprint density at radius 3 is 3.00 bits per heavy atom. The van der Waals surface area contributed by atoms with Gasteiger partial charge in [-0.15, -0.1) is 21.5 Å². The van der Waals surface area contributed by atoms with Gasteiger partial charge in [0.1, 0.15) is 0 Å². The lowest BCUT2D eigenvalue weighted by molar-refractivity contribution is 0.0734. The average Bonchev–Trinajstić information content (AvgIpc) is 3.37. The van der Waals surface area contributed by atoms with Crippen molar-refractivity contribution in [3.63, 3.8) is 0 Å². The molecule has 5 rings (SSSR count). The van der Waals surface area contributed by atoms with E-state index < -0.39 is 0 Å². The van der Waals surface area contributed by atoms with Crippen LogP contribution in [0.15, 0.2) is 30.5 Å². The number of aromatic nitrogens is 3. The lowest BCUT2D eigenvalue weighted by atomic mass is 9.99. The minimum Gasteiger partial charge on any atom is -0.328 e. The molecule has 1 atom stereocenters. The van der Waals surface area contributed by atoms with Gasteiger partial charge < -0.3 is 4.90 Å². The SMILES string of the molecule is O=C(c1cc2c(s1)CCCC2)N1CCC[C@@H]1c1nnc2ccccn12. The van der Waals surface area contributed by atoms with Gasteiger partial charge in [-0.2, -0.15) is 0 Å². The van der Waals surface area contributed by atoms with Gasteiger partial charge in [0.05, 0.1) is 10.9 Å². The van der Waals surface area contributed by atoms with E-state index in [1.165, 1.54) is 23.3 Å². The van der Waals surface area contributed by atoms with E-state index in [0.717, 1.165) is 48.6 Å². The van der Waals surface area contributed by atoms with E-state index in [1.54, 1.807) is 11.3 Å². The number of carbonyl (C=O) groups is 1. The maximum Gasteiger partial charge on any atom is 0.264 e. The lowest BCUT2D eigenvalue weighted by Crippen LogP contribution is -2.31. The third-order valence-corrected chi connectivity index (χ3v) is 6.58. The molecule has 0 saturated carbocycles. The Balaban J connectivity index is 1.48.